The van der Waals surface area contributed by atoms with Gasteiger partial charge in [-0.25, -0.2) is 0 Å². The maximum Gasteiger partial charge on any atom is 0.0568 e. The summed E-state index contributed by atoms with van der Waals surface area (Å²) in [4.78, 5) is 11.3. The Morgan fingerprint density at radius 2 is 1.93 bits per heavy atom. The lowest BCUT2D eigenvalue weighted by Gasteiger charge is -2.30. The third-order valence-corrected chi connectivity index (χ3v) is 5.49. The fraction of sp³-hybridized carbons (Fsp3) is 0.280. The lowest BCUT2D eigenvalue weighted by molar-refractivity contribution is 0.172. The van der Waals surface area contributed by atoms with E-state index >= 15 is 0 Å². The van der Waals surface area contributed by atoms with Crippen LogP contribution in [0.4, 0.5) is 11.4 Å². The van der Waals surface area contributed by atoms with Crippen molar-refractivity contribution >= 4 is 11.4 Å². The van der Waals surface area contributed by atoms with Gasteiger partial charge in [0.2, 0.25) is 0 Å². The first-order valence-electron chi connectivity index (χ1n) is 10.5. The number of rotatable bonds is 8. The van der Waals surface area contributed by atoms with Gasteiger partial charge in [-0.3, -0.25) is 14.9 Å². The van der Waals surface area contributed by atoms with Crippen LogP contribution in [0, 0.1) is 6.92 Å². The molecule has 1 aromatic carbocycles. The predicted octanol–water partition coefficient (Wildman–Crippen LogP) is 4.87. The van der Waals surface area contributed by atoms with E-state index in [-0.39, 0.29) is 0 Å². The lowest BCUT2D eigenvalue weighted by Crippen LogP contribution is -2.36. The molecule has 5 heteroatoms. The maximum absolute atomic E-state index is 4.49. The molecule has 5 nitrogen and oxygen atoms in total. The third-order valence-electron chi connectivity index (χ3n) is 5.49. The lowest BCUT2D eigenvalue weighted by atomic mass is 9.99. The highest BCUT2D eigenvalue weighted by molar-refractivity contribution is 5.69. The number of nitrogens with one attached hydrogen (secondary N) is 2. The van der Waals surface area contributed by atoms with Crippen LogP contribution in [0.1, 0.15) is 23.2 Å². The fourth-order valence-corrected chi connectivity index (χ4v) is 3.71. The minimum atomic E-state index is 0.721. The van der Waals surface area contributed by atoms with Crippen LogP contribution in [0.2, 0.25) is 0 Å². The SMILES string of the molecule is C=C(Cc1cc(-c2cncc(CN3CCC3)c2)ccc1NC)Nc1ccc(C)nc1. The molecule has 3 aromatic rings. The number of hydrogen-bond donors (Lipinski definition) is 2. The van der Waals surface area contributed by atoms with E-state index in [1.807, 2.05) is 44.7 Å². The molecule has 0 saturated carbocycles. The van der Waals surface area contributed by atoms with Crippen molar-refractivity contribution in [1.82, 2.24) is 14.9 Å². The molecule has 2 aromatic heterocycles. The van der Waals surface area contributed by atoms with E-state index in [2.05, 4.69) is 56.3 Å². The average Bonchev–Trinajstić information content (AvgIpc) is 2.72. The maximum atomic E-state index is 4.49. The fourth-order valence-electron chi connectivity index (χ4n) is 3.71. The molecular weight excluding hydrogens is 370 g/mol. The summed E-state index contributed by atoms with van der Waals surface area (Å²) in [6.45, 7) is 9.57. The van der Waals surface area contributed by atoms with Gasteiger partial charge in [-0.2, -0.15) is 0 Å². The number of allylic oxidation sites excluding steroid dienone is 1. The molecule has 2 N–H and O–H groups in total. The molecule has 0 aliphatic carbocycles. The molecular formula is C25H29N5. The Kier molecular flexibility index (Phi) is 6.10. The molecule has 154 valence electrons. The largest absolute Gasteiger partial charge is 0.388 e. The van der Waals surface area contributed by atoms with Crippen LogP contribution >= 0.6 is 0 Å². The van der Waals surface area contributed by atoms with E-state index < -0.39 is 0 Å². The second-order valence-electron chi connectivity index (χ2n) is 7.93. The summed E-state index contributed by atoms with van der Waals surface area (Å²) in [6, 6.07) is 12.8. The number of pyridine rings is 2. The van der Waals surface area contributed by atoms with Crippen molar-refractivity contribution in [2.45, 2.75) is 26.3 Å². The Labute approximate surface area is 178 Å². The third kappa shape index (κ3) is 4.86. The Hall–Kier alpha value is -3.18. The molecule has 3 heterocycles. The summed E-state index contributed by atoms with van der Waals surface area (Å²) in [6.07, 6.45) is 7.79. The second kappa shape index (κ2) is 9.09. The molecule has 1 saturated heterocycles. The molecule has 0 amide bonds. The Morgan fingerprint density at radius 3 is 2.63 bits per heavy atom. The normalized spacial score (nSPS) is 13.5. The van der Waals surface area contributed by atoms with Crippen LogP contribution in [0.25, 0.3) is 11.1 Å². The van der Waals surface area contributed by atoms with E-state index in [0.717, 1.165) is 41.3 Å². The summed E-state index contributed by atoms with van der Waals surface area (Å²) in [5.41, 5.74) is 8.78. The van der Waals surface area contributed by atoms with E-state index in [4.69, 9.17) is 0 Å². The molecule has 1 fully saturated rings. The highest BCUT2D eigenvalue weighted by Gasteiger charge is 2.14. The zero-order valence-corrected chi connectivity index (χ0v) is 17.8. The van der Waals surface area contributed by atoms with Gasteiger partial charge in [0.25, 0.3) is 0 Å². The highest BCUT2D eigenvalue weighted by atomic mass is 15.2. The first-order chi connectivity index (χ1) is 14.6. The van der Waals surface area contributed by atoms with E-state index in [0.29, 0.717) is 0 Å². The van der Waals surface area contributed by atoms with Crippen molar-refractivity contribution in [3.05, 3.63) is 84.1 Å². The van der Waals surface area contributed by atoms with Gasteiger partial charge in [-0.05, 0) is 73.5 Å². The first kappa shape index (κ1) is 20.1. The molecule has 0 spiro atoms. The predicted molar refractivity (Wildman–Crippen MR) is 125 cm³/mol. The number of anilines is 2. The second-order valence-corrected chi connectivity index (χ2v) is 7.93. The Morgan fingerprint density at radius 1 is 1.07 bits per heavy atom. The van der Waals surface area contributed by atoms with E-state index in [1.165, 1.54) is 36.2 Å². The van der Waals surface area contributed by atoms with Crippen molar-refractivity contribution in [3.63, 3.8) is 0 Å². The van der Waals surface area contributed by atoms with Crippen LogP contribution in [-0.4, -0.2) is 35.0 Å². The van der Waals surface area contributed by atoms with Gasteiger partial charge in [0, 0.05) is 55.0 Å². The van der Waals surface area contributed by atoms with Crippen molar-refractivity contribution < 1.29 is 0 Å². The molecule has 0 atom stereocenters. The zero-order chi connectivity index (χ0) is 20.9. The summed E-state index contributed by atoms with van der Waals surface area (Å²) >= 11 is 0. The van der Waals surface area contributed by atoms with Crippen LogP contribution in [-0.2, 0) is 13.0 Å². The molecule has 0 radical (unpaired) electrons. The van der Waals surface area contributed by atoms with Crippen molar-refractivity contribution in [2.24, 2.45) is 0 Å². The number of benzene rings is 1. The minimum Gasteiger partial charge on any atom is -0.388 e. The number of aromatic nitrogens is 2. The first-order valence-corrected chi connectivity index (χ1v) is 10.5. The van der Waals surface area contributed by atoms with Crippen LogP contribution in [0.5, 0.6) is 0 Å². The van der Waals surface area contributed by atoms with Crippen LogP contribution in [0.3, 0.4) is 0 Å². The van der Waals surface area contributed by atoms with Crippen LogP contribution < -0.4 is 10.6 Å². The molecule has 0 unspecified atom stereocenters. The van der Waals surface area contributed by atoms with Gasteiger partial charge in [-0.1, -0.05) is 12.6 Å². The average molecular weight is 400 g/mol. The molecule has 4 rings (SSSR count). The van der Waals surface area contributed by atoms with E-state index in [1.54, 1.807) is 0 Å². The molecule has 0 bridgehead atoms. The number of likely N-dealkylation sites (tertiary alicyclic amines) is 1. The summed E-state index contributed by atoms with van der Waals surface area (Å²) in [5, 5.41) is 6.67. The number of aryl methyl sites for hydroxylation is 1. The minimum absolute atomic E-state index is 0.721. The standard InChI is InChI=1S/C25H29N5/c1-18-5-7-24(16-28-18)29-19(2)11-22-13-21(6-8-25(22)26-3)23-12-20(14-27-15-23)17-30-9-4-10-30/h5-8,12-16,26,29H,2,4,9-11,17H2,1,3H3. The molecule has 1 aliphatic heterocycles. The van der Waals surface area contributed by atoms with Gasteiger partial charge in [0.05, 0.1) is 11.9 Å². The van der Waals surface area contributed by atoms with Gasteiger partial charge < -0.3 is 10.6 Å². The van der Waals surface area contributed by atoms with Crippen molar-refractivity contribution in [3.8, 4) is 11.1 Å². The van der Waals surface area contributed by atoms with Gasteiger partial charge in [0.15, 0.2) is 0 Å². The van der Waals surface area contributed by atoms with Crippen LogP contribution in [0.15, 0.2) is 67.3 Å². The number of hydrogen-bond acceptors (Lipinski definition) is 5. The van der Waals surface area contributed by atoms with Crippen molar-refractivity contribution in [2.75, 3.05) is 30.8 Å². The summed E-state index contributed by atoms with van der Waals surface area (Å²) < 4.78 is 0. The Bertz CT molecular complexity index is 1020. The zero-order valence-electron chi connectivity index (χ0n) is 17.8. The quantitative estimate of drug-likeness (QED) is 0.566. The highest BCUT2D eigenvalue weighted by Crippen LogP contribution is 2.27. The van der Waals surface area contributed by atoms with Gasteiger partial charge >= 0.3 is 0 Å². The summed E-state index contributed by atoms with van der Waals surface area (Å²) in [7, 11) is 1.95. The van der Waals surface area contributed by atoms with E-state index in [9.17, 15) is 0 Å². The van der Waals surface area contributed by atoms with Gasteiger partial charge in [-0.15, -0.1) is 0 Å². The monoisotopic (exact) mass is 399 g/mol. The Balaban J connectivity index is 1.52. The molecule has 30 heavy (non-hydrogen) atoms. The molecule has 1 aliphatic rings. The summed E-state index contributed by atoms with van der Waals surface area (Å²) in [5.74, 6) is 0. The topological polar surface area (TPSA) is 53.1 Å². The number of nitrogens with zero attached hydrogens (tertiary/aromatic N) is 3. The smallest absolute Gasteiger partial charge is 0.0568 e. The van der Waals surface area contributed by atoms with Gasteiger partial charge in [0.1, 0.15) is 0 Å². The van der Waals surface area contributed by atoms with Crippen molar-refractivity contribution in [1.29, 1.82) is 0 Å².